The summed E-state index contributed by atoms with van der Waals surface area (Å²) in [5.74, 6) is 1.62. The monoisotopic (exact) mass is 773 g/mol. The number of carbonyl (C=O) groups excluding carboxylic acids is 2. The Balaban J connectivity index is 0.989. The molecule has 2 amide bonds. The van der Waals surface area contributed by atoms with Crippen molar-refractivity contribution in [1.82, 2.24) is 0 Å². The van der Waals surface area contributed by atoms with E-state index in [1.807, 2.05) is 0 Å². The molecule has 2 aromatic rings. The number of anilines is 2. The van der Waals surface area contributed by atoms with Crippen molar-refractivity contribution in [3.05, 3.63) is 72.8 Å². The van der Waals surface area contributed by atoms with Gasteiger partial charge in [-0.25, -0.2) is 8.42 Å². The van der Waals surface area contributed by atoms with Gasteiger partial charge < -0.3 is 10.6 Å². The highest BCUT2D eigenvalue weighted by Gasteiger charge is 2.18. The van der Waals surface area contributed by atoms with Crippen LogP contribution < -0.4 is 10.6 Å². The average Bonchev–Trinajstić information content (AvgIpc) is 3.91. The maximum absolute atomic E-state index is 13.3. The second kappa shape index (κ2) is 26.6. The SMILES string of the molecule is O=C(CCCCCCCCCCCCC1C=CCC1)Nc1ccc(S(=O)(=O)c2ccc(NC(=O)CCCCCCCCCCCCC3C=CCC3)cc2)cc1. The van der Waals surface area contributed by atoms with Crippen LogP contribution in [0.5, 0.6) is 0 Å². The van der Waals surface area contributed by atoms with E-state index in [1.165, 1.54) is 166 Å². The van der Waals surface area contributed by atoms with Gasteiger partial charge in [-0.15, -0.1) is 0 Å². The molecule has 0 heterocycles. The Labute approximate surface area is 334 Å². The van der Waals surface area contributed by atoms with Crippen LogP contribution in [-0.2, 0) is 19.4 Å². The predicted molar refractivity (Wildman–Crippen MR) is 230 cm³/mol. The van der Waals surface area contributed by atoms with E-state index in [0.717, 1.165) is 37.5 Å². The van der Waals surface area contributed by atoms with Crippen molar-refractivity contribution in [1.29, 1.82) is 0 Å². The van der Waals surface area contributed by atoms with Crippen LogP contribution in [0.3, 0.4) is 0 Å². The van der Waals surface area contributed by atoms with Gasteiger partial charge in [0.15, 0.2) is 0 Å². The summed E-state index contributed by atoms with van der Waals surface area (Å²) < 4.78 is 26.5. The van der Waals surface area contributed by atoms with Crippen molar-refractivity contribution in [3.63, 3.8) is 0 Å². The molecule has 2 N–H and O–H groups in total. The molecular weight excluding hydrogens is 701 g/mol. The minimum atomic E-state index is -3.73. The molecular formula is C48H72N2O4S. The fraction of sp³-hybridized carbons (Fsp3) is 0.625. The highest BCUT2D eigenvalue weighted by molar-refractivity contribution is 7.91. The number of hydrogen-bond donors (Lipinski definition) is 2. The molecule has 6 nitrogen and oxygen atoms in total. The molecule has 0 saturated heterocycles. The van der Waals surface area contributed by atoms with Crippen LogP contribution in [0.2, 0.25) is 0 Å². The zero-order valence-electron chi connectivity index (χ0n) is 33.9. The summed E-state index contributed by atoms with van der Waals surface area (Å²) in [6, 6.07) is 12.7. The van der Waals surface area contributed by atoms with Crippen molar-refractivity contribution in [2.45, 2.75) is 190 Å². The van der Waals surface area contributed by atoms with Gasteiger partial charge in [0.1, 0.15) is 0 Å². The van der Waals surface area contributed by atoms with E-state index in [2.05, 4.69) is 34.9 Å². The summed E-state index contributed by atoms with van der Waals surface area (Å²) in [4.78, 5) is 25.3. The van der Waals surface area contributed by atoms with Gasteiger partial charge in [-0.3, -0.25) is 9.59 Å². The van der Waals surface area contributed by atoms with Crippen LogP contribution in [-0.4, -0.2) is 20.2 Å². The van der Waals surface area contributed by atoms with E-state index in [9.17, 15) is 18.0 Å². The number of carbonyl (C=O) groups is 2. The number of hydrogen-bond acceptors (Lipinski definition) is 4. The van der Waals surface area contributed by atoms with E-state index in [-0.39, 0.29) is 21.6 Å². The van der Waals surface area contributed by atoms with Crippen LogP contribution in [0, 0.1) is 11.8 Å². The van der Waals surface area contributed by atoms with Crippen LogP contribution in [0.1, 0.15) is 180 Å². The first-order valence-corrected chi connectivity index (χ1v) is 23.8. The molecule has 2 unspecified atom stereocenters. The predicted octanol–water partition coefficient (Wildman–Crippen LogP) is 13.7. The molecule has 0 fully saturated rings. The Morgan fingerprint density at radius 2 is 0.764 bits per heavy atom. The normalized spacial score (nSPS) is 16.5. The molecule has 0 bridgehead atoms. The smallest absolute Gasteiger partial charge is 0.224 e. The van der Waals surface area contributed by atoms with Gasteiger partial charge in [0, 0.05) is 24.2 Å². The highest BCUT2D eigenvalue weighted by Crippen LogP contribution is 2.26. The largest absolute Gasteiger partial charge is 0.326 e. The molecule has 2 aromatic carbocycles. The van der Waals surface area contributed by atoms with Gasteiger partial charge >= 0.3 is 0 Å². The van der Waals surface area contributed by atoms with Crippen molar-refractivity contribution < 1.29 is 18.0 Å². The summed E-state index contributed by atoms with van der Waals surface area (Å²) in [7, 11) is -3.73. The van der Waals surface area contributed by atoms with Crippen molar-refractivity contribution in [2.75, 3.05) is 10.6 Å². The zero-order chi connectivity index (χ0) is 38.8. The van der Waals surface area contributed by atoms with Crippen molar-refractivity contribution >= 4 is 33.0 Å². The fourth-order valence-electron chi connectivity index (χ4n) is 8.10. The summed E-state index contributed by atoms with van der Waals surface area (Å²) in [6.45, 7) is 0. The molecule has 0 saturated carbocycles. The number of nitrogens with one attached hydrogen (secondary N) is 2. The Hall–Kier alpha value is -3.19. The van der Waals surface area contributed by atoms with E-state index in [4.69, 9.17) is 0 Å². The molecule has 0 aliphatic heterocycles. The second-order valence-corrected chi connectivity index (χ2v) is 18.3. The van der Waals surface area contributed by atoms with E-state index < -0.39 is 9.84 Å². The Bertz CT molecular complexity index is 1420. The van der Waals surface area contributed by atoms with Gasteiger partial charge in [0.25, 0.3) is 0 Å². The molecule has 7 heteroatoms. The third-order valence-corrected chi connectivity index (χ3v) is 13.4. The quantitative estimate of drug-likeness (QED) is 0.0611. The Kier molecular flexibility index (Phi) is 21.6. The number of sulfone groups is 1. The lowest BCUT2D eigenvalue weighted by Gasteiger charge is -2.09. The van der Waals surface area contributed by atoms with Crippen molar-refractivity contribution in [3.8, 4) is 0 Å². The molecule has 304 valence electrons. The minimum Gasteiger partial charge on any atom is -0.326 e. The Morgan fingerprint density at radius 3 is 1.07 bits per heavy atom. The van der Waals surface area contributed by atoms with Crippen LogP contribution in [0.15, 0.2) is 82.6 Å². The molecule has 2 aliphatic carbocycles. The lowest BCUT2D eigenvalue weighted by Crippen LogP contribution is -2.11. The van der Waals surface area contributed by atoms with Gasteiger partial charge in [-0.1, -0.05) is 140 Å². The third kappa shape index (κ3) is 18.5. The van der Waals surface area contributed by atoms with Crippen LogP contribution in [0.4, 0.5) is 11.4 Å². The summed E-state index contributed by atoms with van der Waals surface area (Å²) in [5, 5.41) is 5.81. The van der Waals surface area contributed by atoms with Gasteiger partial charge in [0.2, 0.25) is 21.7 Å². The molecule has 2 atom stereocenters. The highest BCUT2D eigenvalue weighted by atomic mass is 32.2. The third-order valence-electron chi connectivity index (χ3n) is 11.6. The topological polar surface area (TPSA) is 92.3 Å². The molecule has 55 heavy (non-hydrogen) atoms. The maximum atomic E-state index is 13.3. The number of benzene rings is 2. The van der Waals surface area contributed by atoms with E-state index in [0.29, 0.717) is 24.2 Å². The van der Waals surface area contributed by atoms with Gasteiger partial charge in [-0.2, -0.15) is 0 Å². The number of unbranched alkanes of at least 4 members (excludes halogenated alkanes) is 18. The summed E-state index contributed by atoms with van der Waals surface area (Å²) in [6.07, 6.45) is 43.2. The average molecular weight is 773 g/mol. The summed E-state index contributed by atoms with van der Waals surface area (Å²) in [5.41, 5.74) is 1.19. The first-order valence-electron chi connectivity index (χ1n) is 22.3. The molecule has 0 aromatic heterocycles. The lowest BCUT2D eigenvalue weighted by molar-refractivity contribution is -0.117. The van der Waals surface area contributed by atoms with Gasteiger partial charge in [-0.05, 0) is 112 Å². The molecule has 0 radical (unpaired) electrons. The number of rotatable bonds is 30. The van der Waals surface area contributed by atoms with Crippen LogP contribution in [0.25, 0.3) is 0 Å². The Morgan fingerprint density at radius 1 is 0.455 bits per heavy atom. The lowest BCUT2D eigenvalue weighted by atomic mass is 9.99. The number of amides is 2. The standard InChI is InChI=1S/C48H72N2O4S/c51-47(31-19-15-11-7-3-1-5-9-13-17-25-41-27-21-22-28-41)49-43-33-37-45(38-34-43)55(53,54)46-39-35-44(36-40-46)50-48(52)32-20-16-12-8-4-2-6-10-14-18-26-42-29-23-24-30-42/h21,23,27,29,33-42H,1-20,22,24-26,28,30-32H2,(H,49,51)(H,50,52). The second-order valence-electron chi connectivity index (χ2n) is 16.3. The first-order chi connectivity index (χ1) is 26.9. The number of allylic oxidation sites excluding steroid dienone is 4. The molecule has 0 spiro atoms. The fourth-order valence-corrected chi connectivity index (χ4v) is 9.36. The van der Waals surface area contributed by atoms with E-state index in [1.54, 1.807) is 24.3 Å². The van der Waals surface area contributed by atoms with Crippen LogP contribution >= 0.6 is 0 Å². The zero-order valence-corrected chi connectivity index (χ0v) is 34.7. The summed E-state index contributed by atoms with van der Waals surface area (Å²) >= 11 is 0. The van der Waals surface area contributed by atoms with E-state index >= 15 is 0 Å². The molecule has 2 aliphatic rings. The molecule has 4 rings (SSSR count). The maximum Gasteiger partial charge on any atom is 0.224 e. The van der Waals surface area contributed by atoms with Gasteiger partial charge in [0.05, 0.1) is 9.79 Å². The van der Waals surface area contributed by atoms with Crippen molar-refractivity contribution in [2.24, 2.45) is 11.8 Å². The first kappa shape index (κ1) is 44.5. The minimum absolute atomic E-state index is 0.0413.